The predicted octanol–water partition coefficient (Wildman–Crippen LogP) is 2.43. The van der Waals surface area contributed by atoms with Crippen molar-refractivity contribution >= 4 is 22.3 Å². The number of aromatic nitrogens is 4. The normalized spacial score (nSPS) is 11.3. The smallest absolute Gasteiger partial charge is 0.245 e. The molecule has 0 aliphatic carbocycles. The van der Waals surface area contributed by atoms with Gasteiger partial charge in [0.05, 0.1) is 18.7 Å². The summed E-state index contributed by atoms with van der Waals surface area (Å²) in [5, 5.41) is 0. The van der Waals surface area contributed by atoms with Crippen LogP contribution in [0.3, 0.4) is 0 Å². The second kappa shape index (κ2) is 3.36. The Morgan fingerprint density at radius 1 is 1.06 bits per heavy atom. The maximum Gasteiger partial charge on any atom is 0.245 e. The van der Waals surface area contributed by atoms with E-state index < -0.39 is 0 Å². The average molecular weight is 238 g/mol. The van der Waals surface area contributed by atoms with Crippen LogP contribution in [0.4, 0.5) is 0 Å². The highest BCUT2D eigenvalue weighted by Gasteiger charge is 2.10. The van der Waals surface area contributed by atoms with Gasteiger partial charge in [0.1, 0.15) is 23.1 Å². The summed E-state index contributed by atoms with van der Waals surface area (Å²) in [6, 6.07) is 3.56. The standard InChI is InChI=1S/C12H6N4O2/c1-2-17-12-7(1)14-4-9(16-12)10-3-8-11(18-10)5-13-6-15-8/h1-6H. The molecule has 4 aromatic heterocycles. The largest absolute Gasteiger partial charge is 0.451 e. The SMILES string of the molecule is c1ncc2oc(-c3cnc4ccoc4n3)cc2n1. The number of hydrogen-bond donors (Lipinski definition) is 0. The molecule has 0 amide bonds. The van der Waals surface area contributed by atoms with E-state index in [4.69, 9.17) is 8.83 Å². The summed E-state index contributed by atoms with van der Waals surface area (Å²) >= 11 is 0. The molecule has 0 spiro atoms. The van der Waals surface area contributed by atoms with Gasteiger partial charge in [0.15, 0.2) is 11.3 Å². The van der Waals surface area contributed by atoms with E-state index in [1.54, 1.807) is 30.8 Å². The lowest BCUT2D eigenvalue weighted by Crippen LogP contribution is -1.83. The van der Waals surface area contributed by atoms with Gasteiger partial charge >= 0.3 is 0 Å². The molecule has 0 radical (unpaired) electrons. The summed E-state index contributed by atoms with van der Waals surface area (Å²) in [5.41, 5.74) is 3.17. The van der Waals surface area contributed by atoms with Gasteiger partial charge in [0, 0.05) is 12.1 Å². The number of nitrogens with zero attached hydrogens (tertiary/aromatic N) is 4. The van der Waals surface area contributed by atoms with Crippen LogP contribution in [0.2, 0.25) is 0 Å². The molecule has 0 saturated carbocycles. The van der Waals surface area contributed by atoms with Gasteiger partial charge in [0.2, 0.25) is 5.71 Å². The molecule has 0 saturated heterocycles. The Kier molecular flexibility index (Phi) is 1.74. The van der Waals surface area contributed by atoms with Gasteiger partial charge in [-0.15, -0.1) is 0 Å². The van der Waals surface area contributed by atoms with Crippen molar-refractivity contribution < 1.29 is 8.83 Å². The van der Waals surface area contributed by atoms with Crippen LogP contribution in [0.1, 0.15) is 0 Å². The van der Waals surface area contributed by atoms with E-state index in [1.165, 1.54) is 6.33 Å². The third-order valence-electron chi connectivity index (χ3n) is 2.62. The fourth-order valence-corrected chi connectivity index (χ4v) is 1.78. The third-order valence-corrected chi connectivity index (χ3v) is 2.62. The Hall–Kier alpha value is -2.76. The number of fused-ring (bicyclic) bond motifs is 2. The summed E-state index contributed by atoms with van der Waals surface area (Å²) in [7, 11) is 0. The summed E-state index contributed by atoms with van der Waals surface area (Å²) in [5.74, 6) is 0.594. The van der Waals surface area contributed by atoms with E-state index in [0.717, 1.165) is 11.0 Å². The molecule has 0 aliphatic heterocycles. The molecule has 6 heteroatoms. The highest BCUT2D eigenvalue weighted by atomic mass is 16.3. The van der Waals surface area contributed by atoms with E-state index in [0.29, 0.717) is 22.8 Å². The van der Waals surface area contributed by atoms with Gasteiger partial charge in [-0.05, 0) is 0 Å². The molecule has 0 atom stereocenters. The van der Waals surface area contributed by atoms with Crippen molar-refractivity contribution in [3.8, 4) is 11.5 Å². The Bertz CT molecular complexity index is 816. The zero-order chi connectivity index (χ0) is 11.9. The van der Waals surface area contributed by atoms with Gasteiger partial charge in [-0.2, -0.15) is 0 Å². The maximum absolute atomic E-state index is 5.61. The minimum atomic E-state index is 0.485. The Morgan fingerprint density at radius 2 is 2.06 bits per heavy atom. The van der Waals surface area contributed by atoms with Crippen molar-refractivity contribution in [3.63, 3.8) is 0 Å². The highest BCUT2D eigenvalue weighted by molar-refractivity contribution is 5.78. The molecule has 86 valence electrons. The Morgan fingerprint density at radius 3 is 3.00 bits per heavy atom. The Balaban J connectivity index is 1.94. The number of hydrogen-bond acceptors (Lipinski definition) is 6. The fourth-order valence-electron chi connectivity index (χ4n) is 1.78. The van der Waals surface area contributed by atoms with E-state index in [9.17, 15) is 0 Å². The van der Waals surface area contributed by atoms with Crippen LogP contribution in [-0.2, 0) is 0 Å². The van der Waals surface area contributed by atoms with Gasteiger partial charge < -0.3 is 8.83 Å². The molecular formula is C12H6N4O2. The first-order chi connectivity index (χ1) is 8.90. The van der Waals surface area contributed by atoms with Crippen molar-refractivity contribution in [2.24, 2.45) is 0 Å². The van der Waals surface area contributed by atoms with Crippen molar-refractivity contribution in [1.29, 1.82) is 0 Å². The molecule has 4 aromatic rings. The first-order valence-corrected chi connectivity index (χ1v) is 5.30. The molecule has 0 N–H and O–H groups in total. The molecule has 0 bridgehead atoms. The zero-order valence-corrected chi connectivity index (χ0v) is 9.07. The molecule has 0 aromatic carbocycles. The van der Waals surface area contributed by atoms with Crippen LogP contribution in [0, 0.1) is 0 Å². The minimum absolute atomic E-state index is 0.485. The quantitative estimate of drug-likeness (QED) is 0.506. The van der Waals surface area contributed by atoms with Crippen molar-refractivity contribution in [1.82, 2.24) is 19.9 Å². The predicted molar refractivity (Wildman–Crippen MR) is 62.6 cm³/mol. The van der Waals surface area contributed by atoms with E-state index in [1.807, 2.05) is 0 Å². The average Bonchev–Trinajstić information content (AvgIpc) is 3.04. The first-order valence-electron chi connectivity index (χ1n) is 5.30. The lowest BCUT2D eigenvalue weighted by atomic mass is 10.3. The van der Waals surface area contributed by atoms with Gasteiger partial charge in [-0.25, -0.2) is 19.9 Å². The van der Waals surface area contributed by atoms with Gasteiger partial charge in [0.25, 0.3) is 0 Å². The van der Waals surface area contributed by atoms with E-state index in [2.05, 4.69) is 19.9 Å². The van der Waals surface area contributed by atoms with Crippen LogP contribution < -0.4 is 0 Å². The molecule has 4 heterocycles. The van der Waals surface area contributed by atoms with E-state index in [-0.39, 0.29) is 0 Å². The van der Waals surface area contributed by atoms with Crippen LogP contribution in [0.15, 0.2) is 46.0 Å². The van der Waals surface area contributed by atoms with Gasteiger partial charge in [-0.1, -0.05) is 0 Å². The molecule has 18 heavy (non-hydrogen) atoms. The van der Waals surface area contributed by atoms with E-state index >= 15 is 0 Å². The number of furan rings is 2. The topological polar surface area (TPSA) is 77.8 Å². The number of rotatable bonds is 1. The fraction of sp³-hybridized carbons (Fsp3) is 0. The second-order valence-corrected chi connectivity index (χ2v) is 3.75. The summed E-state index contributed by atoms with van der Waals surface area (Å²) in [4.78, 5) is 16.6. The summed E-state index contributed by atoms with van der Waals surface area (Å²) in [6.45, 7) is 0. The Labute approximate surface area is 100 Å². The molecule has 0 unspecified atom stereocenters. The monoisotopic (exact) mass is 238 g/mol. The van der Waals surface area contributed by atoms with Crippen LogP contribution in [0.5, 0.6) is 0 Å². The minimum Gasteiger partial charge on any atom is -0.451 e. The van der Waals surface area contributed by atoms with Crippen LogP contribution in [-0.4, -0.2) is 19.9 Å². The highest BCUT2D eigenvalue weighted by Crippen LogP contribution is 2.25. The summed E-state index contributed by atoms with van der Waals surface area (Å²) in [6.07, 6.45) is 6.29. The lowest BCUT2D eigenvalue weighted by Gasteiger charge is -1.93. The summed E-state index contributed by atoms with van der Waals surface area (Å²) < 4.78 is 10.8. The van der Waals surface area contributed by atoms with Gasteiger partial charge in [-0.3, -0.25) is 0 Å². The molecule has 0 fully saturated rings. The third kappa shape index (κ3) is 1.29. The van der Waals surface area contributed by atoms with Crippen molar-refractivity contribution in [2.45, 2.75) is 0 Å². The molecule has 6 nitrogen and oxygen atoms in total. The van der Waals surface area contributed by atoms with Crippen molar-refractivity contribution in [3.05, 3.63) is 37.1 Å². The maximum atomic E-state index is 5.61. The van der Waals surface area contributed by atoms with Crippen LogP contribution in [0.25, 0.3) is 33.8 Å². The lowest BCUT2D eigenvalue weighted by molar-refractivity contribution is 0.598. The molecular weight excluding hydrogens is 232 g/mol. The van der Waals surface area contributed by atoms with Crippen LogP contribution >= 0.6 is 0 Å². The second-order valence-electron chi connectivity index (χ2n) is 3.75. The zero-order valence-electron chi connectivity index (χ0n) is 9.07. The molecule has 0 aliphatic rings. The molecule has 4 rings (SSSR count). The first kappa shape index (κ1) is 9.29. The van der Waals surface area contributed by atoms with Crippen molar-refractivity contribution in [2.75, 3.05) is 0 Å².